The van der Waals surface area contributed by atoms with Crippen LogP contribution in [-0.2, 0) is 10.0 Å². The first-order valence-electron chi connectivity index (χ1n) is 14.1. The van der Waals surface area contributed by atoms with Crippen LogP contribution in [0.4, 0.5) is 5.82 Å². The topological polar surface area (TPSA) is 142 Å². The molecule has 39 heavy (non-hydrogen) atoms. The van der Waals surface area contributed by atoms with Crippen molar-refractivity contribution in [2.75, 3.05) is 25.4 Å². The Morgan fingerprint density at radius 1 is 1.21 bits per heavy atom. The second-order valence-electron chi connectivity index (χ2n) is 11.5. The molecule has 2 aromatic rings. The first kappa shape index (κ1) is 26.4. The van der Waals surface area contributed by atoms with Crippen LogP contribution in [0.3, 0.4) is 0 Å². The van der Waals surface area contributed by atoms with Gasteiger partial charge < -0.3 is 16.2 Å². The summed E-state index contributed by atoms with van der Waals surface area (Å²) in [6.45, 7) is 7.50. The molecule has 0 aromatic carbocycles. The average Bonchev–Trinajstić information content (AvgIpc) is 3.33. The van der Waals surface area contributed by atoms with Gasteiger partial charge in [0.2, 0.25) is 22.6 Å². The number of nitrogens with two attached hydrogens (primary N) is 1. The van der Waals surface area contributed by atoms with Gasteiger partial charge in [-0.3, -0.25) is 4.68 Å². The largest absolute Gasteiger partial charge is 0.393 e. The van der Waals surface area contributed by atoms with Crippen LogP contribution >= 0.6 is 0 Å². The Bertz CT molecular complexity index is 1540. The van der Waals surface area contributed by atoms with E-state index in [1.54, 1.807) is 24.3 Å². The fraction of sp³-hybridized carbons (Fsp3) is 0.630. The molecule has 3 fully saturated rings. The molecule has 1 saturated carbocycles. The number of piperidine rings is 1. The van der Waals surface area contributed by atoms with E-state index in [4.69, 9.17) is 10.7 Å². The van der Waals surface area contributed by atoms with Gasteiger partial charge in [-0.25, -0.2) is 27.3 Å². The van der Waals surface area contributed by atoms with Crippen molar-refractivity contribution in [2.24, 2.45) is 4.99 Å². The smallest absolute Gasteiger partial charge is 0.270 e. The molecule has 210 valence electrons. The third-order valence-electron chi connectivity index (χ3n) is 8.68. The van der Waals surface area contributed by atoms with Gasteiger partial charge in [0.15, 0.2) is 5.82 Å². The van der Waals surface area contributed by atoms with Gasteiger partial charge in [0.1, 0.15) is 11.2 Å². The zero-order valence-electron chi connectivity index (χ0n) is 22.9. The monoisotopic (exact) mass is 555 g/mol. The standard InChI is InChI=1S/C27H39N8O3S/c1-4-21-23-15-34(23)25-24(32-27(21)31-18-5-6-20(36)11-18)22(13-29-26(25)28)17-12-30-35(14-17)19-7-9-33(10-8-19)39(37,38)16(2)3/h12-14,16,18-20,23,31,36H,4-11,15H2,1-3H3,(H2,28,29)/q+1/t18-,20+,23?/m1/s1. The van der Waals surface area contributed by atoms with Crippen LogP contribution in [0, 0.1) is 0 Å². The highest BCUT2D eigenvalue weighted by Crippen LogP contribution is 2.29. The number of hydrogen-bond acceptors (Lipinski definition) is 8. The van der Waals surface area contributed by atoms with Crippen LogP contribution < -0.4 is 26.3 Å². The average molecular weight is 556 g/mol. The zero-order valence-corrected chi connectivity index (χ0v) is 23.7. The lowest BCUT2D eigenvalue weighted by atomic mass is 10.1. The SMILES string of the molecule is CCC1=C(N[C@@H]2CC[C@H](O)C2)N=c2c(-c3cnn(C4CCN(S(=O)(=O)C(C)C)CC4)c3)cnc(N)c2=[N+]2CC12. The number of rotatable bonds is 7. The Hall–Kier alpha value is -2.83. The van der Waals surface area contributed by atoms with Crippen molar-refractivity contribution < 1.29 is 13.5 Å². The predicted molar refractivity (Wildman–Crippen MR) is 149 cm³/mol. The summed E-state index contributed by atoms with van der Waals surface area (Å²) in [5, 5.41) is 19.7. The van der Waals surface area contributed by atoms with E-state index in [0.29, 0.717) is 18.9 Å². The van der Waals surface area contributed by atoms with Crippen molar-refractivity contribution in [1.82, 2.24) is 29.0 Å². The highest BCUT2D eigenvalue weighted by atomic mass is 32.2. The van der Waals surface area contributed by atoms with Crippen LogP contribution in [-0.4, -0.2) is 75.7 Å². The Kier molecular flexibility index (Phi) is 6.75. The van der Waals surface area contributed by atoms with Crippen molar-refractivity contribution in [2.45, 2.75) is 88.8 Å². The molecule has 1 aliphatic carbocycles. The summed E-state index contributed by atoms with van der Waals surface area (Å²) in [5.41, 5.74) is 9.47. The molecule has 0 amide bonds. The van der Waals surface area contributed by atoms with E-state index in [-0.39, 0.29) is 24.2 Å². The second-order valence-corrected chi connectivity index (χ2v) is 14.0. The minimum absolute atomic E-state index is 0.129. The number of sulfonamides is 1. The van der Waals surface area contributed by atoms with E-state index in [0.717, 1.165) is 72.7 Å². The lowest BCUT2D eigenvalue weighted by Gasteiger charge is -2.32. The molecule has 0 bridgehead atoms. The zero-order chi connectivity index (χ0) is 27.5. The molecular formula is C27H39N8O3S+. The summed E-state index contributed by atoms with van der Waals surface area (Å²) in [7, 11) is -3.24. The van der Waals surface area contributed by atoms with Gasteiger partial charge >= 0.3 is 0 Å². The molecule has 4 N–H and O–H groups in total. The molecule has 0 spiro atoms. The maximum absolute atomic E-state index is 12.6. The summed E-state index contributed by atoms with van der Waals surface area (Å²) >= 11 is 0. The molecule has 0 radical (unpaired) electrons. The van der Waals surface area contributed by atoms with Gasteiger partial charge in [0.05, 0.1) is 23.6 Å². The summed E-state index contributed by atoms with van der Waals surface area (Å²) in [6.07, 6.45) is 10.2. The Morgan fingerprint density at radius 3 is 2.64 bits per heavy atom. The highest BCUT2D eigenvalue weighted by molar-refractivity contribution is 7.89. The van der Waals surface area contributed by atoms with Crippen LogP contribution in [0.1, 0.15) is 65.3 Å². The van der Waals surface area contributed by atoms with Gasteiger partial charge in [0, 0.05) is 48.2 Å². The Morgan fingerprint density at radius 2 is 1.97 bits per heavy atom. The summed E-state index contributed by atoms with van der Waals surface area (Å²) in [6, 6.07) is 0.580. The third kappa shape index (κ3) is 4.76. The van der Waals surface area contributed by atoms with Crippen molar-refractivity contribution in [1.29, 1.82) is 0 Å². The first-order valence-corrected chi connectivity index (χ1v) is 15.7. The van der Waals surface area contributed by atoms with Gasteiger partial charge in [0.25, 0.3) is 5.36 Å². The van der Waals surface area contributed by atoms with Crippen molar-refractivity contribution >= 4 is 15.8 Å². The van der Waals surface area contributed by atoms with Gasteiger partial charge in [-0.15, -0.1) is 0 Å². The number of aromatic nitrogens is 3. The van der Waals surface area contributed by atoms with Crippen LogP contribution in [0.25, 0.3) is 11.1 Å². The second kappa shape index (κ2) is 9.97. The number of aliphatic hydroxyl groups is 1. The van der Waals surface area contributed by atoms with E-state index >= 15 is 0 Å². The minimum Gasteiger partial charge on any atom is -0.393 e. The van der Waals surface area contributed by atoms with Crippen LogP contribution in [0.5, 0.6) is 0 Å². The quantitative estimate of drug-likeness (QED) is 0.334. The third-order valence-corrected chi connectivity index (χ3v) is 11.0. The molecule has 6 rings (SSSR count). The van der Waals surface area contributed by atoms with Gasteiger partial charge in [-0.05, 0) is 52.4 Å². The number of anilines is 1. The molecule has 3 aliphatic heterocycles. The fourth-order valence-electron chi connectivity index (χ4n) is 6.29. The minimum atomic E-state index is -3.24. The van der Waals surface area contributed by atoms with Crippen LogP contribution in [0.15, 0.2) is 35.0 Å². The molecular weight excluding hydrogens is 516 g/mol. The van der Waals surface area contributed by atoms with Crippen LogP contribution in [0.2, 0.25) is 0 Å². The van der Waals surface area contributed by atoms with Crippen molar-refractivity contribution in [3.63, 3.8) is 0 Å². The molecule has 5 heterocycles. The molecule has 12 heteroatoms. The van der Waals surface area contributed by atoms with Crippen molar-refractivity contribution in [3.05, 3.63) is 40.7 Å². The molecule has 4 aliphatic rings. The number of hydrogen-bond donors (Lipinski definition) is 3. The normalized spacial score (nSPS) is 25.9. The number of nitrogen functional groups attached to an aromatic ring is 1. The highest BCUT2D eigenvalue weighted by Gasteiger charge is 2.48. The molecule has 2 aromatic heterocycles. The summed E-state index contributed by atoms with van der Waals surface area (Å²) in [5.74, 6) is 1.36. The van der Waals surface area contributed by atoms with E-state index < -0.39 is 15.3 Å². The maximum Gasteiger partial charge on any atom is 0.270 e. The fourth-order valence-corrected chi connectivity index (χ4v) is 7.60. The molecule has 11 nitrogen and oxygen atoms in total. The van der Waals surface area contributed by atoms with E-state index in [1.165, 1.54) is 5.57 Å². The van der Waals surface area contributed by atoms with Gasteiger partial charge in [-0.2, -0.15) is 5.10 Å². The van der Waals surface area contributed by atoms with Gasteiger partial charge in [-0.1, -0.05) is 6.92 Å². The maximum atomic E-state index is 12.6. The predicted octanol–water partition coefficient (Wildman–Crippen LogP) is 0.534. The first-order chi connectivity index (χ1) is 18.7. The molecule has 1 unspecified atom stereocenters. The van der Waals surface area contributed by atoms with E-state index in [2.05, 4.69) is 26.9 Å². The number of nitrogens with one attached hydrogen (secondary N) is 1. The molecule has 2 saturated heterocycles. The van der Waals surface area contributed by atoms with E-state index in [1.807, 2.05) is 17.1 Å². The molecule has 3 atom stereocenters. The number of fused-ring (bicyclic) bond motifs is 2. The van der Waals surface area contributed by atoms with E-state index in [9.17, 15) is 13.5 Å². The number of aliphatic hydroxyl groups excluding tert-OH is 1. The summed E-state index contributed by atoms with van der Waals surface area (Å²) in [4.78, 5) is 9.73. The van der Waals surface area contributed by atoms with Crippen molar-refractivity contribution in [3.8, 4) is 11.1 Å². The Labute approximate surface area is 229 Å². The lowest BCUT2D eigenvalue weighted by molar-refractivity contribution is 0.180. The summed E-state index contributed by atoms with van der Waals surface area (Å²) < 4.78 is 31.0. The number of nitrogens with zero attached hydrogens (tertiary/aromatic N) is 6. The lowest BCUT2D eigenvalue weighted by Crippen LogP contribution is -2.42. The Balaban J connectivity index is 1.33. The number of pyridine rings is 1.